The number of ether oxygens (including phenoxy) is 1. The fraction of sp³-hybridized carbons (Fsp3) is 0.118. The van der Waals surface area contributed by atoms with Crippen molar-refractivity contribution in [3.8, 4) is 5.75 Å². The van der Waals surface area contributed by atoms with Crippen LogP contribution in [0.15, 0.2) is 48.7 Å². The number of benzene rings is 2. The Morgan fingerprint density at radius 1 is 1.17 bits per heavy atom. The molecule has 0 radical (unpaired) electrons. The minimum absolute atomic E-state index is 0.178. The number of nitrogens with one attached hydrogen (secondary N) is 1. The molecule has 1 heterocycles. The number of carbonyl (C=O) groups is 1. The first-order valence-electron chi connectivity index (χ1n) is 6.94. The van der Waals surface area contributed by atoms with Gasteiger partial charge in [0, 0.05) is 22.1 Å². The van der Waals surface area contributed by atoms with Gasteiger partial charge >= 0.3 is 0 Å². The number of rotatable bonds is 4. The number of methoxy groups -OCH3 is 1. The van der Waals surface area contributed by atoms with Gasteiger partial charge in [0.05, 0.1) is 17.8 Å². The molecule has 3 rings (SSSR count). The average Bonchev–Trinajstić information content (AvgIpc) is 2.93. The maximum atomic E-state index is 12.3. The molecule has 0 bridgehead atoms. The molecule has 0 atom stereocenters. The molecule has 0 aliphatic rings. The molecule has 118 valence electrons. The monoisotopic (exact) mass is 348 g/mol. The maximum Gasteiger partial charge on any atom is 0.244 e. The number of anilines is 1. The molecule has 0 aliphatic carbocycles. The van der Waals surface area contributed by atoms with Crippen LogP contribution < -0.4 is 10.1 Å². The van der Waals surface area contributed by atoms with Crippen LogP contribution in [0.2, 0.25) is 10.0 Å². The maximum absolute atomic E-state index is 12.3. The number of aromatic nitrogens is 1. The number of halogens is 2. The van der Waals surface area contributed by atoms with E-state index in [1.165, 1.54) is 0 Å². The molecule has 1 N–H and O–H groups in total. The van der Waals surface area contributed by atoms with Gasteiger partial charge in [-0.15, -0.1) is 0 Å². The molecule has 0 saturated carbocycles. The van der Waals surface area contributed by atoms with E-state index in [1.54, 1.807) is 25.3 Å². The predicted octanol–water partition coefficient (Wildman–Crippen LogP) is 4.60. The van der Waals surface area contributed by atoms with Crippen molar-refractivity contribution in [1.82, 2.24) is 4.57 Å². The van der Waals surface area contributed by atoms with Crippen LogP contribution >= 0.6 is 23.2 Å². The molecule has 0 unspecified atom stereocenters. The van der Waals surface area contributed by atoms with Crippen LogP contribution in [0.3, 0.4) is 0 Å². The molecule has 0 saturated heterocycles. The Kier molecular flexibility index (Phi) is 4.46. The normalized spacial score (nSPS) is 10.7. The average molecular weight is 349 g/mol. The Balaban J connectivity index is 1.79. The van der Waals surface area contributed by atoms with Crippen LogP contribution in [0.25, 0.3) is 10.9 Å². The Bertz CT molecular complexity index is 874. The van der Waals surface area contributed by atoms with Crippen LogP contribution in [0.5, 0.6) is 5.75 Å². The first-order chi connectivity index (χ1) is 11.1. The molecule has 0 fully saturated rings. The third-order valence-electron chi connectivity index (χ3n) is 3.49. The molecule has 4 nitrogen and oxygen atoms in total. The molecule has 0 aliphatic heterocycles. The largest absolute Gasteiger partial charge is 0.497 e. The summed E-state index contributed by atoms with van der Waals surface area (Å²) in [5.41, 5.74) is 1.46. The fourth-order valence-corrected chi connectivity index (χ4v) is 2.72. The molecule has 2 aromatic carbocycles. The van der Waals surface area contributed by atoms with Gasteiger partial charge in [0.25, 0.3) is 0 Å². The van der Waals surface area contributed by atoms with Crippen molar-refractivity contribution in [1.29, 1.82) is 0 Å². The number of carbonyl (C=O) groups excluding carboxylic acids is 1. The summed E-state index contributed by atoms with van der Waals surface area (Å²) >= 11 is 12.0. The summed E-state index contributed by atoms with van der Waals surface area (Å²) in [5.74, 6) is 0.605. The number of fused-ring (bicyclic) bond motifs is 1. The van der Waals surface area contributed by atoms with Gasteiger partial charge < -0.3 is 14.6 Å². The van der Waals surface area contributed by atoms with Crippen LogP contribution in [0.4, 0.5) is 5.69 Å². The van der Waals surface area contributed by atoms with Crippen molar-refractivity contribution in [3.05, 3.63) is 58.7 Å². The summed E-state index contributed by atoms with van der Waals surface area (Å²) in [4.78, 5) is 12.3. The minimum atomic E-state index is -0.178. The summed E-state index contributed by atoms with van der Waals surface area (Å²) in [7, 11) is 1.63. The van der Waals surface area contributed by atoms with Gasteiger partial charge in [-0.05, 0) is 42.5 Å². The van der Waals surface area contributed by atoms with E-state index >= 15 is 0 Å². The van der Waals surface area contributed by atoms with Crippen molar-refractivity contribution in [2.24, 2.45) is 0 Å². The number of hydrogen-bond acceptors (Lipinski definition) is 2. The second kappa shape index (κ2) is 6.52. The Labute approximate surface area is 143 Å². The zero-order valence-electron chi connectivity index (χ0n) is 12.3. The molecule has 3 aromatic rings. The molecule has 23 heavy (non-hydrogen) atoms. The van der Waals surface area contributed by atoms with Crippen molar-refractivity contribution < 1.29 is 9.53 Å². The lowest BCUT2D eigenvalue weighted by Crippen LogP contribution is -2.18. The van der Waals surface area contributed by atoms with E-state index in [9.17, 15) is 4.79 Å². The highest BCUT2D eigenvalue weighted by molar-refractivity contribution is 6.35. The van der Waals surface area contributed by atoms with Crippen LogP contribution in [-0.4, -0.2) is 17.6 Å². The SMILES string of the molecule is COc1ccc2c(ccn2CC(=O)Nc2cc(Cl)ccc2Cl)c1. The summed E-state index contributed by atoms with van der Waals surface area (Å²) in [5, 5.41) is 4.75. The van der Waals surface area contributed by atoms with Gasteiger partial charge in [0.2, 0.25) is 5.91 Å². The van der Waals surface area contributed by atoms with Crippen LogP contribution in [0.1, 0.15) is 0 Å². The lowest BCUT2D eigenvalue weighted by Gasteiger charge is -2.09. The van der Waals surface area contributed by atoms with Crippen molar-refractivity contribution in [2.45, 2.75) is 6.54 Å². The van der Waals surface area contributed by atoms with E-state index in [-0.39, 0.29) is 12.5 Å². The number of nitrogens with zero attached hydrogens (tertiary/aromatic N) is 1. The number of amides is 1. The smallest absolute Gasteiger partial charge is 0.244 e. The minimum Gasteiger partial charge on any atom is -0.497 e. The topological polar surface area (TPSA) is 43.3 Å². The first kappa shape index (κ1) is 15.7. The molecular weight excluding hydrogens is 335 g/mol. The standard InChI is InChI=1S/C17H14Cl2N2O2/c1-23-13-3-5-16-11(8-13)6-7-21(16)10-17(22)20-15-9-12(18)2-4-14(15)19/h2-9H,10H2,1H3,(H,20,22). The van der Waals surface area contributed by atoms with E-state index in [2.05, 4.69) is 5.32 Å². The van der Waals surface area contributed by atoms with Crippen LogP contribution in [0, 0.1) is 0 Å². The molecule has 1 amide bonds. The zero-order chi connectivity index (χ0) is 16.4. The van der Waals surface area contributed by atoms with E-state index in [4.69, 9.17) is 27.9 Å². The molecule has 6 heteroatoms. The number of hydrogen-bond donors (Lipinski definition) is 1. The van der Waals surface area contributed by atoms with Gasteiger partial charge in [-0.1, -0.05) is 23.2 Å². The van der Waals surface area contributed by atoms with E-state index in [1.807, 2.05) is 35.0 Å². The highest BCUT2D eigenvalue weighted by Crippen LogP contribution is 2.26. The predicted molar refractivity (Wildman–Crippen MR) is 93.6 cm³/mol. The molecule has 0 spiro atoms. The highest BCUT2D eigenvalue weighted by Gasteiger charge is 2.09. The second-order valence-electron chi connectivity index (χ2n) is 5.04. The highest BCUT2D eigenvalue weighted by atomic mass is 35.5. The third kappa shape index (κ3) is 3.44. The quantitative estimate of drug-likeness (QED) is 0.748. The van der Waals surface area contributed by atoms with Gasteiger partial charge in [-0.25, -0.2) is 0 Å². The zero-order valence-corrected chi connectivity index (χ0v) is 13.9. The summed E-state index contributed by atoms with van der Waals surface area (Å²) in [6.07, 6.45) is 1.86. The van der Waals surface area contributed by atoms with Gasteiger partial charge in [0.1, 0.15) is 12.3 Å². The lowest BCUT2D eigenvalue weighted by molar-refractivity contribution is -0.116. The van der Waals surface area contributed by atoms with Gasteiger partial charge in [0.15, 0.2) is 0 Å². The second-order valence-corrected chi connectivity index (χ2v) is 5.88. The van der Waals surface area contributed by atoms with Crippen LogP contribution in [-0.2, 0) is 11.3 Å². The Morgan fingerprint density at radius 2 is 2.00 bits per heavy atom. The van der Waals surface area contributed by atoms with Crippen molar-refractivity contribution >= 4 is 45.7 Å². The molecule has 1 aromatic heterocycles. The van der Waals surface area contributed by atoms with Gasteiger partial charge in [-0.3, -0.25) is 4.79 Å². The van der Waals surface area contributed by atoms with Crippen molar-refractivity contribution in [2.75, 3.05) is 12.4 Å². The summed E-state index contributed by atoms with van der Waals surface area (Å²) < 4.78 is 7.06. The first-order valence-corrected chi connectivity index (χ1v) is 7.70. The van der Waals surface area contributed by atoms with Crippen molar-refractivity contribution in [3.63, 3.8) is 0 Å². The van der Waals surface area contributed by atoms with E-state index in [0.717, 1.165) is 16.7 Å². The Hall–Kier alpha value is -2.17. The lowest BCUT2D eigenvalue weighted by atomic mass is 10.2. The molecular formula is C17H14Cl2N2O2. The summed E-state index contributed by atoms with van der Waals surface area (Å²) in [6, 6.07) is 12.6. The van der Waals surface area contributed by atoms with E-state index in [0.29, 0.717) is 15.7 Å². The fourth-order valence-electron chi connectivity index (χ4n) is 2.38. The Morgan fingerprint density at radius 3 is 2.78 bits per heavy atom. The van der Waals surface area contributed by atoms with Gasteiger partial charge in [-0.2, -0.15) is 0 Å². The third-order valence-corrected chi connectivity index (χ3v) is 4.06. The van der Waals surface area contributed by atoms with E-state index < -0.39 is 0 Å². The summed E-state index contributed by atoms with van der Waals surface area (Å²) in [6.45, 7) is 0.179.